The Balaban J connectivity index is 1.73. The molecule has 1 aromatic carbocycles. The lowest BCUT2D eigenvalue weighted by Crippen LogP contribution is -2.78. The number of piperidine rings is 1. The molecule has 0 aliphatic carbocycles. The summed E-state index contributed by atoms with van der Waals surface area (Å²) >= 11 is 0. The van der Waals surface area contributed by atoms with Crippen molar-refractivity contribution in [3.05, 3.63) is 52.5 Å². The van der Waals surface area contributed by atoms with Crippen molar-refractivity contribution in [3.8, 4) is 5.75 Å². The molecule has 3 rings (SSSR count). The molecule has 1 fully saturated rings. The minimum absolute atomic E-state index is 0.0660. The Morgan fingerprint density at radius 2 is 2.09 bits per heavy atom. The molecule has 0 atom stereocenters. The van der Waals surface area contributed by atoms with Gasteiger partial charge in [-0.3, -0.25) is 10.1 Å². The van der Waals surface area contributed by atoms with E-state index in [1.165, 1.54) is 6.20 Å². The van der Waals surface area contributed by atoms with E-state index in [0.29, 0.717) is 29.8 Å². The van der Waals surface area contributed by atoms with Crippen molar-refractivity contribution < 1.29 is 14.7 Å². The molecule has 0 unspecified atom stereocenters. The van der Waals surface area contributed by atoms with Gasteiger partial charge in [0.25, 0.3) is 0 Å². The van der Waals surface area contributed by atoms with Crippen molar-refractivity contribution in [2.45, 2.75) is 25.8 Å². The van der Waals surface area contributed by atoms with E-state index in [2.05, 4.69) is 37.5 Å². The first-order valence-corrected chi connectivity index (χ1v) is 10.5. The predicted molar refractivity (Wildman–Crippen MR) is 123 cm³/mol. The Morgan fingerprint density at radius 3 is 2.72 bits per heavy atom. The number of nitro groups is 1. The normalized spacial score (nSPS) is 15.6. The molecule has 5 N–H and O–H groups in total. The summed E-state index contributed by atoms with van der Waals surface area (Å²) in [4.78, 5) is 24.9. The fraction of sp³-hybridized carbons (Fsp3) is 0.381. The lowest BCUT2D eigenvalue weighted by Gasteiger charge is -2.23. The average molecular weight is 442 g/mol. The summed E-state index contributed by atoms with van der Waals surface area (Å²) in [6.07, 6.45) is 6.40. The number of likely N-dealkylation sites (tertiary alicyclic amines) is 1. The highest BCUT2D eigenvalue weighted by atomic mass is 16.6. The Bertz CT molecular complexity index is 970. The molecule has 0 saturated carbocycles. The smallest absolute Gasteiger partial charge is 0.329 e. The molecule has 32 heavy (non-hydrogen) atoms. The van der Waals surface area contributed by atoms with Gasteiger partial charge in [-0.05, 0) is 38.2 Å². The highest BCUT2D eigenvalue weighted by molar-refractivity contribution is 5.78. The highest BCUT2D eigenvalue weighted by Crippen LogP contribution is 2.27. The Hall–Kier alpha value is -3.73. The van der Waals surface area contributed by atoms with Crippen molar-refractivity contribution in [2.24, 2.45) is 5.73 Å². The van der Waals surface area contributed by atoms with Crippen LogP contribution in [0.3, 0.4) is 0 Å². The summed E-state index contributed by atoms with van der Waals surface area (Å²) in [5.74, 6) is 0.960. The quantitative estimate of drug-likeness (QED) is 0.254. The van der Waals surface area contributed by atoms with Crippen LogP contribution < -0.4 is 26.1 Å². The first-order valence-electron chi connectivity index (χ1n) is 10.5. The van der Waals surface area contributed by atoms with Crippen LogP contribution in [0.15, 0.2) is 42.4 Å². The molecule has 0 bridgehead atoms. The van der Waals surface area contributed by atoms with Crippen LogP contribution in [0.4, 0.5) is 23.1 Å². The number of hydrogen-bond donors (Lipinski definition) is 4. The third-order valence-electron chi connectivity index (χ3n) is 5.02. The highest BCUT2D eigenvalue weighted by Gasteiger charge is 2.20. The minimum atomic E-state index is -0.534. The van der Waals surface area contributed by atoms with Crippen LogP contribution in [0.5, 0.6) is 5.75 Å². The summed E-state index contributed by atoms with van der Waals surface area (Å²) < 4.78 is 5.42. The van der Waals surface area contributed by atoms with Crippen LogP contribution in [-0.4, -0.2) is 58.8 Å². The zero-order chi connectivity index (χ0) is 22.9. The largest absolute Gasteiger partial charge is 0.494 e. The molecule has 1 aromatic heterocycles. The number of nitrogens with one attached hydrogen (secondary N) is 3. The third kappa shape index (κ3) is 6.38. The maximum atomic E-state index is 11.4. The van der Waals surface area contributed by atoms with Crippen LogP contribution in [0.25, 0.3) is 0 Å². The van der Waals surface area contributed by atoms with Gasteiger partial charge in [0.05, 0.1) is 11.5 Å². The molecule has 0 radical (unpaired) electrons. The van der Waals surface area contributed by atoms with E-state index < -0.39 is 4.92 Å². The van der Waals surface area contributed by atoms with Gasteiger partial charge < -0.3 is 26.0 Å². The average Bonchev–Trinajstić information content (AvgIpc) is 2.79. The first kappa shape index (κ1) is 22.9. The predicted octanol–water partition coefficient (Wildman–Crippen LogP) is 0.985. The van der Waals surface area contributed by atoms with E-state index in [0.717, 1.165) is 32.1 Å². The molecule has 0 spiro atoms. The van der Waals surface area contributed by atoms with E-state index >= 15 is 0 Å². The van der Waals surface area contributed by atoms with Gasteiger partial charge in [0.2, 0.25) is 11.8 Å². The molecule has 2 aromatic rings. The fourth-order valence-corrected chi connectivity index (χ4v) is 3.24. The topological polar surface area (TPSA) is 145 Å². The summed E-state index contributed by atoms with van der Waals surface area (Å²) in [5, 5.41) is 17.4. The second-order valence-electron chi connectivity index (χ2n) is 7.40. The second kappa shape index (κ2) is 11.0. The van der Waals surface area contributed by atoms with E-state index in [-0.39, 0.29) is 17.5 Å². The number of benzene rings is 1. The van der Waals surface area contributed by atoms with E-state index in [4.69, 9.17) is 10.5 Å². The summed E-state index contributed by atoms with van der Waals surface area (Å²) in [6, 6.07) is 7.43. The molecule has 11 heteroatoms. The van der Waals surface area contributed by atoms with Crippen molar-refractivity contribution >= 4 is 29.4 Å². The fourth-order valence-electron chi connectivity index (χ4n) is 3.24. The molecular weight excluding hydrogens is 412 g/mol. The Morgan fingerprint density at radius 1 is 1.38 bits per heavy atom. The van der Waals surface area contributed by atoms with E-state index in [1.54, 1.807) is 30.5 Å². The molecule has 11 nitrogen and oxygen atoms in total. The van der Waals surface area contributed by atoms with Crippen LogP contribution in [0.1, 0.15) is 19.8 Å². The third-order valence-corrected chi connectivity index (χ3v) is 5.02. The molecular formula is C21H29N8O3+. The summed E-state index contributed by atoms with van der Waals surface area (Å²) in [6.45, 7) is 4.52. The van der Waals surface area contributed by atoms with Crippen LogP contribution >= 0.6 is 0 Å². The zero-order valence-electron chi connectivity index (χ0n) is 18.2. The zero-order valence-corrected chi connectivity index (χ0v) is 18.2. The van der Waals surface area contributed by atoms with Gasteiger partial charge in [0.15, 0.2) is 12.3 Å². The SMILES string of the molecule is CCOc1ccc(Nc2nc(NC(C=[NH+]C3CCN(C)CC3)=CN)ncc2[N+](=O)[O-])cc1. The number of anilines is 3. The Kier molecular flexibility index (Phi) is 7.92. The monoisotopic (exact) mass is 441 g/mol. The molecule has 0 amide bonds. The van der Waals surface area contributed by atoms with Crippen molar-refractivity contribution in [1.29, 1.82) is 0 Å². The number of ether oxygens (including phenoxy) is 1. The molecule has 1 aliphatic heterocycles. The van der Waals surface area contributed by atoms with Gasteiger partial charge in [-0.25, -0.2) is 9.98 Å². The second-order valence-corrected chi connectivity index (χ2v) is 7.40. The van der Waals surface area contributed by atoms with Crippen molar-refractivity contribution in [2.75, 3.05) is 37.4 Å². The maximum Gasteiger partial charge on any atom is 0.329 e. The number of allylic oxidation sites excluding steroid dienone is 1. The van der Waals surface area contributed by atoms with Gasteiger partial charge in [-0.15, -0.1) is 0 Å². The van der Waals surface area contributed by atoms with Gasteiger partial charge >= 0.3 is 5.69 Å². The molecule has 1 aliphatic rings. The molecule has 170 valence electrons. The standard InChI is InChI=1S/C21H28N8O3/c1-3-32-18-6-4-16(5-7-18)25-20-19(29(30)31)14-24-21(27-20)26-17(12-22)13-23-15-8-10-28(2)11-9-15/h4-7,12-15H,3,8-11,22H2,1-2H3,(H2,24,25,26,27)/p+1. The van der Waals surface area contributed by atoms with Gasteiger partial charge in [-0.2, -0.15) is 4.98 Å². The maximum absolute atomic E-state index is 11.4. The van der Waals surface area contributed by atoms with E-state index in [1.807, 2.05) is 6.92 Å². The van der Waals surface area contributed by atoms with E-state index in [9.17, 15) is 10.1 Å². The van der Waals surface area contributed by atoms with Crippen LogP contribution in [0.2, 0.25) is 0 Å². The number of rotatable bonds is 9. The van der Waals surface area contributed by atoms with Crippen LogP contribution in [0, 0.1) is 10.1 Å². The van der Waals surface area contributed by atoms with Gasteiger partial charge in [0.1, 0.15) is 17.6 Å². The number of nitrogens with zero attached hydrogens (tertiary/aromatic N) is 4. The van der Waals surface area contributed by atoms with Crippen molar-refractivity contribution in [1.82, 2.24) is 14.9 Å². The molecule has 1 saturated heterocycles. The van der Waals surface area contributed by atoms with Gasteiger partial charge in [-0.1, -0.05) is 0 Å². The first-order chi connectivity index (χ1) is 15.5. The summed E-state index contributed by atoms with van der Waals surface area (Å²) in [7, 11) is 2.11. The van der Waals surface area contributed by atoms with Crippen molar-refractivity contribution in [3.63, 3.8) is 0 Å². The minimum Gasteiger partial charge on any atom is -0.494 e. The number of aromatic nitrogens is 2. The van der Waals surface area contributed by atoms with Gasteiger partial charge in [0, 0.05) is 37.8 Å². The number of hydrogen-bond acceptors (Lipinski definition) is 9. The Labute approximate surface area is 186 Å². The van der Waals surface area contributed by atoms with Crippen LogP contribution in [-0.2, 0) is 0 Å². The lowest BCUT2D eigenvalue weighted by molar-refractivity contribution is -0.502. The molecule has 2 heterocycles. The number of nitrogens with two attached hydrogens (primary N) is 1. The lowest BCUT2D eigenvalue weighted by atomic mass is 10.1. The summed E-state index contributed by atoms with van der Waals surface area (Å²) in [5.41, 5.74) is 6.69.